The maximum absolute atomic E-state index is 12.7. The predicted octanol–water partition coefficient (Wildman–Crippen LogP) is 2.84. The van der Waals surface area contributed by atoms with Crippen molar-refractivity contribution in [3.63, 3.8) is 0 Å². The molecule has 2 fully saturated rings. The second-order valence-electron chi connectivity index (χ2n) is 5.72. The molecule has 3 rings (SSSR count). The van der Waals surface area contributed by atoms with Crippen LogP contribution in [-0.4, -0.2) is 41.1 Å². The molecule has 1 heterocycles. The van der Waals surface area contributed by atoms with Crippen LogP contribution >= 0.6 is 11.6 Å². The van der Waals surface area contributed by atoms with E-state index in [9.17, 15) is 9.59 Å². The Balaban J connectivity index is 1.83. The van der Waals surface area contributed by atoms with Crippen LogP contribution in [0.3, 0.4) is 0 Å². The number of fused-ring (bicyclic) bond motifs is 2. The van der Waals surface area contributed by atoms with E-state index in [-0.39, 0.29) is 18.6 Å². The van der Waals surface area contributed by atoms with Gasteiger partial charge in [-0.1, -0.05) is 11.6 Å². The average Bonchev–Trinajstić information content (AvgIpc) is 3.07. The lowest BCUT2D eigenvalue weighted by atomic mass is 10.1. The second kappa shape index (κ2) is 5.56. The smallest absolute Gasteiger partial charge is 0.325 e. The van der Waals surface area contributed by atoms with Gasteiger partial charge in [0.2, 0.25) is 0 Å². The number of halogens is 1. The number of carboxylic acid groups (broad SMARTS) is 1. The lowest BCUT2D eigenvalue weighted by Crippen LogP contribution is -2.48. The Kier molecular flexibility index (Phi) is 3.76. The van der Waals surface area contributed by atoms with Gasteiger partial charge in [-0.2, -0.15) is 0 Å². The highest BCUT2D eigenvalue weighted by molar-refractivity contribution is 6.30. The van der Waals surface area contributed by atoms with Gasteiger partial charge in [0.15, 0.2) is 0 Å². The van der Waals surface area contributed by atoms with E-state index in [1.54, 1.807) is 24.3 Å². The quantitative estimate of drug-likeness (QED) is 0.934. The predicted molar refractivity (Wildman–Crippen MR) is 79.7 cm³/mol. The van der Waals surface area contributed by atoms with Crippen LogP contribution in [0, 0.1) is 5.92 Å². The largest absolute Gasteiger partial charge is 0.480 e. The minimum Gasteiger partial charge on any atom is -0.480 e. The van der Waals surface area contributed by atoms with Gasteiger partial charge >= 0.3 is 12.0 Å². The van der Waals surface area contributed by atoms with Gasteiger partial charge in [0.1, 0.15) is 6.54 Å². The highest BCUT2D eigenvalue weighted by atomic mass is 35.5. The SMILES string of the molecule is O=C(O)CN(C(=O)N1CC2CCC1C2)c1ccc(Cl)cc1. The van der Waals surface area contributed by atoms with Gasteiger partial charge in [0, 0.05) is 23.3 Å². The highest BCUT2D eigenvalue weighted by Crippen LogP contribution is 2.38. The molecule has 112 valence electrons. The fraction of sp³-hybridized carbons (Fsp3) is 0.467. The molecular formula is C15H17ClN2O3. The lowest BCUT2D eigenvalue weighted by molar-refractivity contribution is -0.135. The van der Waals surface area contributed by atoms with Crippen LogP contribution in [0.25, 0.3) is 0 Å². The van der Waals surface area contributed by atoms with Crippen molar-refractivity contribution in [2.24, 2.45) is 5.92 Å². The Bertz CT molecular complexity index is 561. The third kappa shape index (κ3) is 2.83. The molecule has 0 radical (unpaired) electrons. The summed E-state index contributed by atoms with van der Waals surface area (Å²) in [5, 5.41) is 9.64. The molecule has 1 saturated carbocycles. The van der Waals surface area contributed by atoms with Gasteiger partial charge in [-0.05, 0) is 49.4 Å². The van der Waals surface area contributed by atoms with E-state index >= 15 is 0 Å². The number of hydrogen-bond donors (Lipinski definition) is 1. The molecule has 0 spiro atoms. The number of nitrogens with zero attached hydrogens (tertiary/aromatic N) is 2. The van der Waals surface area contributed by atoms with Crippen molar-refractivity contribution in [2.75, 3.05) is 18.0 Å². The van der Waals surface area contributed by atoms with Crippen molar-refractivity contribution < 1.29 is 14.7 Å². The number of carbonyl (C=O) groups excluding carboxylic acids is 1. The highest BCUT2D eigenvalue weighted by Gasteiger charge is 2.42. The zero-order chi connectivity index (χ0) is 15.0. The Morgan fingerprint density at radius 3 is 2.52 bits per heavy atom. The molecule has 2 bridgehead atoms. The third-order valence-corrected chi connectivity index (χ3v) is 4.57. The molecule has 1 aliphatic heterocycles. The molecule has 1 aliphatic carbocycles. The number of amides is 2. The van der Waals surface area contributed by atoms with Crippen LogP contribution in [0.1, 0.15) is 19.3 Å². The molecule has 6 heteroatoms. The minimum absolute atomic E-state index is 0.216. The molecule has 1 aromatic carbocycles. The molecule has 2 unspecified atom stereocenters. The standard InChI is InChI=1S/C15H17ClN2O3/c16-11-2-5-12(6-3-11)18(9-14(19)20)15(21)17-8-10-1-4-13(17)7-10/h2-3,5-6,10,13H,1,4,7-9H2,(H,19,20). The fourth-order valence-electron chi connectivity index (χ4n) is 3.34. The number of hydrogen-bond acceptors (Lipinski definition) is 2. The number of rotatable bonds is 3. The Morgan fingerprint density at radius 2 is 2.00 bits per heavy atom. The maximum Gasteiger partial charge on any atom is 0.325 e. The van der Waals surface area contributed by atoms with E-state index in [0.717, 1.165) is 19.4 Å². The number of benzene rings is 1. The summed E-state index contributed by atoms with van der Waals surface area (Å²) in [6.07, 6.45) is 3.25. The van der Waals surface area contributed by atoms with E-state index in [0.29, 0.717) is 16.6 Å². The molecule has 1 aromatic rings. The fourth-order valence-corrected chi connectivity index (χ4v) is 3.47. The molecule has 5 nitrogen and oxygen atoms in total. The lowest BCUT2D eigenvalue weighted by Gasteiger charge is -2.32. The minimum atomic E-state index is -1.03. The van der Waals surface area contributed by atoms with Gasteiger partial charge < -0.3 is 10.0 Å². The summed E-state index contributed by atoms with van der Waals surface area (Å²) in [5.74, 6) is -0.446. The first-order chi connectivity index (χ1) is 10.0. The molecule has 0 aromatic heterocycles. The summed E-state index contributed by atoms with van der Waals surface area (Å²) in [5.41, 5.74) is 0.564. The normalized spacial score (nSPS) is 23.4. The first kappa shape index (κ1) is 14.2. The van der Waals surface area contributed by atoms with Crippen molar-refractivity contribution in [3.05, 3.63) is 29.3 Å². The van der Waals surface area contributed by atoms with Crippen molar-refractivity contribution in [1.82, 2.24) is 4.90 Å². The van der Waals surface area contributed by atoms with E-state index in [2.05, 4.69) is 0 Å². The average molecular weight is 309 g/mol. The van der Waals surface area contributed by atoms with Crippen molar-refractivity contribution in [3.8, 4) is 0 Å². The molecule has 1 saturated heterocycles. The van der Waals surface area contributed by atoms with E-state index in [1.165, 1.54) is 11.3 Å². The van der Waals surface area contributed by atoms with Crippen molar-refractivity contribution >= 4 is 29.3 Å². The third-order valence-electron chi connectivity index (χ3n) is 4.32. The Hall–Kier alpha value is -1.75. The summed E-state index contributed by atoms with van der Waals surface area (Å²) < 4.78 is 0. The van der Waals surface area contributed by atoms with Gasteiger partial charge in [-0.3, -0.25) is 9.69 Å². The molecule has 2 aliphatic rings. The number of anilines is 1. The molecule has 21 heavy (non-hydrogen) atoms. The molecule has 1 N–H and O–H groups in total. The van der Waals surface area contributed by atoms with Crippen LogP contribution < -0.4 is 4.90 Å². The van der Waals surface area contributed by atoms with E-state index in [4.69, 9.17) is 16.7 Å². The number of carboxylic acids is 1. The Labute approximate surface area is 128 Å². The summed E-state index contributed by atoms with van der Waals surface area (Å²) in [6.45, 7) is 0.404. The van der Waals surface area contributed by atoms with Gasteiger partial charge in [-0.15, -0.1) is 0 Å². The van der Waals surface area contributed by atoms with Crippen molar-refractivity contribution in [1.29, 1.82) is 0 Å². The van der Waals surface area contributed by atoms with Crippen LogP contribution in [0.2, 0.25) is 5.02 Å². The molecular weight excluding hydrogens is 292 g/mol. The van der Waals surface area contributed by atoms with Crippen LogP contribution in [0.4, 0.5) is 10.5 Å². The number of aliphatic carboxylic acids is 1. The number of carbonyl (C=O) groups is 2. The van der Waals surface area contributed by atoms with Crippen LogP contribution in [-0.2, 0) is 4.79 Å². The number of piperidine rings is 1. The van der Waals surface area contributed by atoms with Gasteiger partial charge in [-0.25, -0.2) is 4.79 Å². The van der Waals surface area contributed by atoms with Gasteiger partial charge in [0.05, 0.1) is 0 Å². The van der Waals surface area contributed by atoms with Crippen LogP contribution in [0.15, 0.2) is 24.3 Å². The summed E-state index contributed by atoms with van der Waals surface area (Å²) in [6, 6.07) is 6.73. The van der Waals surface area contributed by atoms with Crippen molar-refractivity contribution in [2.45, 2.75) is 25.3 Å². The summed E-state index contributed by atoms with van der Waals surface area (Å²) >= 11 is 5.85. The van der Waals surface area contributed by atoms with E-state index in [1.807, 2.05) is 4.90 Å². The zero-order valence-electron chi connectivity index (χ0n) is 11.5. The summed E-state index contributed by atoms with van der Waals surface area (Å²) in [7, 11) is 0. The molecule has 2 atom stereocenters. The topological polar surface area (TPSA) is 60.9 Å². The molecule has 2 amide bonds. The zero-order valence-corrected chi connectivity index (χ0v) is 12.3. The number of urea groups is 1. The first-order valence-electron chi connectivity index (χ1n) is 7.10. The van der Waals surface area contributed by atoms with Crippen LogP contribution in [0.5, 0.6) is 0 Å². The van der Waals surface area contributed by atoms with Gasteiger partial charge in [0.25, 0.3) is 0 Å². The maximum atomic E-state index is 12.7. The number of likely N-dealkylation sites (tertiary alicyclic amines) is 1. The van der Waals surface area contributed by atoms with E-state index < -0.39 is 5.97 Å². The second-order valence-corrected chi connectivity index (χ2v) is 6.16. The first-order valence-corrected chi connectivity index (χ1v) is 7.48. The summed E-state index contributed by atoms with van der Waals surface area (Å²) in [4.78, 5) is 26.9. The monoisotopic (exact) mass is 308 g/mol. The Morgan fingerprint density at radius 1 is 1.29 bits per heavy atom.